The molecule has 0 atom stereocenters. The van der Waals surface area contributed by atoms with Crippen molar-refractivity contribution in [2.75, 3.05) is 6.61 Å². The number of nitriles is 1. The first-order valence-corrected chi connectivity index (χ1v) is 7.30. The Hall–Kier alpha value is -3.14. The van der Waals surface area contributed by atoms with Crippen LogP contribution >= 0.6 is 0 Å². The quantitative estimate of drug-likeness (QED) is 0.618. The van der Waals surface area contributed by atoms with Gasteiger partial charge in [0, 0.05) is 0 Å². The summed E-state index contributed by atoms with van der Waals surface area (Å²) < 4.78 is 44.5. The molecule has 25 heavy (non-hydrogen) atoms. The van der Waals surface area contributed by atoms with Gasteiger partial charge in [-0.15, -0.1) is 0 Å². The average Bonchev–Trinajstić information content (AvgIpc) is 2.60. The molecule has 0 aromatic heterocycles. The zero-order chi connectivity index (χ0) is 18.4. The number of benzene rings is 2. The summed E-state index contributed by atoms with van der Waals surface area (Å²) >= 11 is 0. The summed E-state index contributed by atoms with van der Waals surface area (Å²) in [5, 5.41) is 9.14. The van der Waals surface area contributed by atoms with Crippen LogP contribution in [0.15, 0.2) is 53.5 Å². The maximum atomic E-state index is 13.1. The molecule has 0 bridgehead atoms. The smallest absolute Gasteiger partial charge is 0.417 e. The second-order valence-electron chi connectivity index (χ2n) is 4.86. The molecule has 2 aromatic rings. The summed E-state index contributed by atoms with van der Waals surface area (Å²) in [5.74, 6) is -1.29. The number of rotatable bonds is 3. The van der Waals surface area contributed by atoms with Crippen molar-refractivity contribution in [2.45, 2.75) is 13.1 Å². The van der Waals surface area contributed by atoms with Crippen LogP contribution in [0.5, 0.6) is 0 Å². The number of ether oxygens (including phenoxy) is 1. The number of halogens is 3. The number of carbonyl (C=O) groups is 1. The predicted molar refractivity (Wildman–Crippen MR) is 85.1 cm³/mol. The number of amides is 1. The van der Waals surface area contributed by atoms with E-state index in [2.05, 4.69) is 4.99 Å². The van der Waals surface area contributed by atoms with Crippen LogP contribution in [-0.2, 0) is 10.9 Å². The summed E-state index contributed by atoms with van der Waals surface area (Å²) in [6.45, 7) is 1.77. The highest BCUT2D eigenvalue weighted by Crippen LogP contribution is 2.32. The normalized spacial score (nSPS) is 11.7. The minimum Gasteiger partial charge on any atom is -0.477 e. The van der Waals surface area contributed by atoms with Crippen LogP contribution in [-0.4, -0.2) is 18.4 Å². The van der Waals surface area contributed by atoms with Crippen molar-refractivity contribution in [3.05, 3.63) is 70.8 Å². The molecule has 0 saturated heterocycles. The maximum Gasteiger partial charge on any atom is 0.417 e. The molecule has 0 aliphatic rings. The Bertz CT molecular complexity index is 852. The van der Waals surface area contributed by atoms with Gasteiger partial charge in [-0.1, -0.05) is 24.3 Å². The lowest BCUT2D eigenvalue weighted by Crippen LogP contribution is -2.15. The van der Waals surface area contributed by atoms with Crippen molar-refractivity contribution < 1.29 is 22.7 Å². The molecule has 128 valence electrons. The molecule has 2 aromatic carbocycles. The third kappa shape index (κ3) is 4.23. The molecule has 7 heteroatoms. The highest BCUT2D eigenvalue weighted by Gasteiger charge is 2.35. The van der Waals surface area contributed by atoms with Crippen molar-refractivity contribution in [2.24, 2.45) is 4.99 Å². The zero-order valence-electron chi connectivity index (χ0n) is 13.2. The van der Waals surface area contributed by atoms with E-state index < -0.39 is 23.2 Å². The van der Waals surface area contributed by atoms with Crippen molar-refractivity contribution in [1.29, 1.82) is 5.26 Å². The monoisotopic (exact) mass is 346 g/mol. The molecule has 1 amide bonds. The maximum absolute atomic E-state index is 13.1. The first-order chi connectivity index (χ1) is 11.9. The second-order valence-corrected chi connectivity index (χ2v) is 4.86. The summed E-state index contributed by atoms with van der Waals surface area (Å²) in [5.41, 5.74) is -1.22. The van der Waals surface area contributed by atoms with Crippen molar-refractivity contribution >= 4 is 11.8 Å². The van der Waals surface area contributed by atoms with E-state index in [1.54, 1.807) is 19.1 Å². The predicted octanol–water partition coefficient (Wildman–Crippen LogP) is 4.20. The minimum absolute atomic E-state index is 0.132. The van der Waals surface area contributed by atoms with E-state index in [9.17, 15) is 18.0 Å². The summed E-state index contributed by atoms with van der Waals surface area (Å²) in [4.78, 5) is 16.0. The number of nitrogens with zero attached hydrogens (tertiary/aromatic N) is 2. The molecule has 0 fully saturated rings. The molecule has 0 aliphatic heterocycles. The molecule has 0 radical (unpaired) electrons. The number of alkyl halides is 3. The lowest BCUT2D eigenvalue weighted by molar-refractivity contribution is -0.137. The van der Waals surface area contributed by atoms with E-state index in [1.165, 1.54) is 24.3 Å². The molecule has 4 nitrogen and oxygen atoms in total. The Morgan fingerprint density at radius 1 is 1.12 bits per heavy atom. The molecule has 0 aliphatic carbocycles. The largest absolute Gasteiger partial charge is 0.477 e. The van der Waals surface area contributed by atoms with E-state index in [1.807, 2.05) is 6.07 Å². The molecule has 0 unspecified atom stereocenters. The fourth-order valence-corrected chi connectivity index (χ4v) is 2.14. The molecular weight excluding hydrogens is 333 g/mol. The van der Waals surface area contributed by atoms with Gasteiger partial charge in [-0.2, -0.15) is 23.4 Å². The Kier molecular flexibility index (Phi) is 5.55. The summed E-state index contributed by atoms with van der Waals surface area (Å²) in [6, 6.07) is 12.5. The summed E-state index contributed by atoms with van der Waals surface area (Å²) in [6.07, 6.45) is -4.68. The van der Waals surface area contributed by atoms with Gasteiger partial charge in [0.2, 0.25) is 5.90 Å². The molecule has 0 saturated carbocycles. The molecule has 0 spiro atoms. The lowest BCUT2D eigenvalue weighted by atomic mass is 10.1. The van der Waals surface area contributed by atoms with Gasteiger partial charge >= 0.3 is 6.18 Å². The number of carbonyl (C=O) groups excluding carboxylic acids is 1. The zero-order valence-corrected chi connectivity index (χ0v) is 13.2. The van der Waals surface area contributed by atoms with Gasteiger partial charge in [0.05, 0.1) is 34.9 Å². The van der Waals surface area contributed by atoms with Gasteiger partial charge in [-0.3, -0.25) is 4.79 Å². The Morgan fingerprint density at radius 2 is 1.72 bits per heavy atom. The van der Waals surface area contributed by atoms with E-state index in [0.717, 1.165) is 12.1 Å². The lowest BCUT2D eigenvalue weighted by Gasteiger charge is -2.12. The number of hydrogen-bond donors (Lipinski definition) is 0. The molecular formula is C18H13F3N2O2. The van der Waals surface area contributed by atoms with Crippen LogP contribution in [0.2, 0.25) is 0 Å². The van der Waals surface area contributed by atoms with E-state index in [-0.39, 0.29) is 23.6 Å². The van der Waals surface area contributed by atoms with Gasteiger partial charge in [0.1, 0.15) is 0 Å². The van der Waals surface area contributed by atoms with Crippen LogP contribution < -0.4 is 0 Å². The van der Waals surface area contributed by atoms with E-state index in [4.69, 9.17) is 10.00 Å². The third-order valence-electron chi connectivity index (χ3n) is 3.22. The van der Waals surface area contributed by atoms with Crippen LogP contribution in [0.4, 0.5) is 13.2 Å². The topological polar surface area (TPSA) is 62.4 Å². The van der Waals surface area contributed by atoms with Crippen LogP contribution in [0.3, 0.4) is 0 Å². The van der Waals surface area contributed by atoms with Crippen molar-refractivity contribution in [3.63, 3.8) is 0 Å². The van der Waals surface area contributed by atoms with Crippen molar-refractivity contribution in [1.82, 2.24) is 0 Å². The second kappa shape index (κ2) is 7.62. The Balaban J connectivity index is 2.53. The fraction of sp³-hybridized carbons (Fsp3) is 0.167. The van der Waals surface area contributed by atoms with Gasteiger partial charge in [-0.05, 0) is 31.2 Å². The molecule has 0 N–H and O–H groups in total. The first kappa shape index (κ1) is 18.2. The Labute approximate surface area is 142 Å². The number of aliphatic imine (C=N–C) groups is 1. The SMILES string of the molecule is CCOC(=NC(=O)c1ccccc1C(F)(F)F)c1ccccc1C#N. The molecule has 0 heterocycles. The van der Waals surface area contributed by atoms with Crippen LogP contribution in [0, 0.1) is 11.3 Å². The van der Waals surface area contributed by atoms with E-state index in [0.29, 0.717) is 0 Å². The third-order valence-corrected chi connectivity index (χ3v) is 3.22. The average molecular weight is 346 g/mol. The van der Waals surface area contributed by atoms with Gasteiger partial charge < -0.3 is 4.74 Å². The van der Waals surface area contributed by atoms with Gasteiger partial charge in [0.25, 0.3) is 5.91 Å². The number of hydrogen-bond acceptors (Lipinski definition) is 3. The fourth-order valence-electron chi connectivity index (χ4n) is 2.14. The van der Waals surface area contributed by atoms with Gasteiger partial charge in [-0.25, -0.2) is 0 Å². The highest BCUT2D eigenvalue weighted by molar-refractivity contribution is 6.08. The standard InChI is InChI=1S/C18H13F3N2O2/c1-2-25-17(13-8-4-3-7-12(13)11-22)23-16(24)14-9-5-6-10-15(14)18(19,20)21/h3-10H,2H2,1H3. The van der Waals surface area contributed by atoms with Crippen LogP contribution in [0.1, 0.15) is 34.0 Å². The molecule has 2 rings (SSSR count). The summed E-state index contributed by atoms with van der Waals surface area (Å²) in [7, 11) is 0. The van der Waals surface area contributed by atoms with Crippen molar-refractivity contribution in [3.8, 4) is 6.07 Å². The minimum atomic E-state index is -4.68. The van der Waals surface area contributed by atoms with Crippen LogP contribution in [0.25, 0.3) is 0 Å². The Morgan fingerprint density at radius 3 is 2.32 bits per heavy atom. The highest BCUT2D eigenvalue weighted by atomic mass is 19.4. The first-order valence-electron chi connectivity index (χ1n) is 7.30. The van der Waals surface area contributed by atoms with E-state index >= 15 is 0 Å². The van der Waals surface area contributed by atoms with Gasteiger partial charge in [0.15, 0.2) is 0 Å².